The zero-order chi connectivity index (χ0) is 18.5. The van der Waals surface area contributed by atoms with Crippen molar-refractivity contribution in [3.63, 3.8) is 0 Å². The molecule has 0 heterocycles. The van der Waals surface area contributed by atoms with Crippen LogP contribution in [0.15, 0.2) is 11.4 Å². The van der Waals surface area contributed by atoms with E-state index in [-0.39, 0.29) is 47.9 Å². The highest BCUT2D eigenvalue weighted by atomic mass is 31.2. The Morgan fingerprint density at radius 2 is 1.85 bits per heavy atom. The second kappa shape index (κ2) is 11.8. The van der Waals surface area contributed by atoms with Crippen LogP contribution in [-0.4, -0.2) is 36.0 Å². The van der Waals surface area contributed by atoms with Crippen LogP contribution in [0.25, 0.3) is 0 Å². The normalized spacial score (nSPS) is 21.5. The molecule has 0 bridgehead atoms. The molecule has 0 unspecified atom stereocenters. The van der Waals surface area contributed by atoms with Gasteiger partial charge in [-0.05, 0) is 57.1 Å². The third kappa shape index (κ3) is 7.86. The van der Waals surface area contributed by atoms with Crippen LogP contribution in [-0.2, 0) is 9.36 Å². The van der Waals surface area contributed by atoms with Gasteiger partial charge in [0.25, 0.3) is 0 Å². The quantitative estimate of drug-likeness (QED) is 0.535. The lowest BCUT2D eigenvalue weighted by Crippen LogP contribution is -2.52. The molecule has 8 nitrogen and oxygen atoms in total. The topological polar surface area (TPSA) is 169 Å². The lowest BCUT2D eigenvalue weighted by Gasteiger charge is -2.46. The molecule has 26 heavy (non-hydrogen) atoms. The van der Waals surface area contributed by atoms with Gasteiger partial charge >= 0.3 is 0 Å². The summed E-state index contributed by atoms with van der Waals surface area (Å²) in [7, 11) is -4.70. The number of nitrogens with zero attached hydrogens (tertiary/aromatic N) is 1. The first-order valence-electron chi connectivity index (χ1n) is 8.82. The van der Waals surface area contributed by atoms with Crippen LogP contribution in [0, 0.1) is 11.8 Å². The molecule has 1 rings (SSSR count). The fourth-order valence-corrected chi connectivity index (χ4v) is 4.48. The maximum atomic E-state index is 11.6. The molecule has 1 aliphatic rings. The number of hydrogen-bond acceptors (Lipinski definition) is 5. The van der Waals surface area contributed by atoms with E-state index in [1.54, 1.807) is 6.08 Å². The zero-order valence-corrected chi connectivity index (χ0v) is 18.3. The van der Waals surface area contributed by atoms with E-state index in [1.165, 1.54) is 6.92 Å². The van der Waals surface area contributed by atoms with Gasteiger partial charge in [-0.2, -0.15) is 0 Å². The lowest BCUT2D eigenvalue weighted by atomic mass is 9.79. The van der Waals surface area contributed by atoms with Crippen LogP contribution in [0.1, 0.15) is 53.9 Å². The minimum absolute atomic E-state index is 0. The Labute approximate surface area is 158 Å². The number of nitrogens with one attached hydrogen (secondary N) is 1. The highest BCUT2D eigenvalue weighted by molar-refractivity contribution is 7.53. The zero-order valence-electron chi connectivity index (χ0n) is 17.4. The number of carbonyl (C=O) groups is 1. The Hall–Kier alpha value is -0.760. The van der Waals surface area contributed by atoms with Gasteiger partial charge in [0.1, 0.15) is 0 Å². The van der Waals surface area contributed by atoms with Gasteiger partial charge in [-0.3, -0.25) is 4.79 Å². The Kier molecular flexibility index (Phi) is 12.5. The molecule has 9 N–H and O–H groups in total. The van der Waals surface area contributed by atoms with Gasteiger partial charge in [-0.25, -0.2) is 0 Å². The van der Waals surface area contributed by atoms with Crippen LogP contribution in [0.2, 0.25) is 0 Å². The molecule has 1 amide bonds. The van der Waals surface area contributed by atoms with E-state index in [2.05, 4.69) is 24.1 Å². The molecule has 0 aromatic rings. The summed E-state index contributed by atoms with van der Waals surface area (Å²) in [5, 5.41) is 3.06. The van der Waals surface area contributed by atoms with Crippen molar-refractivity contribution in [2.75, 3.05) is 13.1 Å². The molecule has 0 fully saturated rings. The minimum atomic E-state index is -4.70. The van der Waals surface area contributed by atoms with Gasteiger partial charge in [-0.1, -0.05) is 33.8 Å². The Balaban J connectivity index is 0. The first-order valence-corrected chi connectivity index (χ1v) is 10.4. The van der Waals surface area contributed by atoms with E-state index < -0.39 is 7.60 Å². The van der Waals surface area contributed by atoms with E-state index >= 15 is 0 Å². The van der Waals surface area contributed by atoms with E-state index in [1.807, 2.05) is 13.8 Å². The Morgan fingerprint density at radius 1 is 1.31 bits per heavy atom. The molecule has 9 heteroatoms. The fraction of sp³-hybridized carbons (Fsp3) is 0.824. The fourth-order valence-electron chi connectivity index (χ4n) is 3.74. The molecular weight excluding hydrogens is 355 g/mol. The van der Waals surface area contributed by atoms with Crippen molar-refractivity contribution >= 4 is 13.5 Å². The second-order valence-corrected chi connectivity index (χ2v) is 8.59. The third-order valence-corrected chi connectivity index (χ3v) is 5.87. The summed E-state index contributed by atoms with van der Waals surface area (Å²) < 4.78 is 11.5. The third-order valence-electron chi connectivity index (χ3n) is 4.80. The molecule has 0 saturated heterocycles. The van der Waals surface area contributed by atoms with Crippen LogP contribution < -0.4 is 27.4 Å². The summed E-state index contributed by atoms with van der Waals surface area (Å²) >= 11 is 0. The SMILES string of the molecule is CCN(CC)[C@@H]1CC(P(=O)([O-])[O-])=CC[C@@H]1[C@H](CC(C)C)NC(C)=O.[NH4+].[NH4+]. The predicted molar refractivity (Wildman–Crippen MR) is 104 cm³/mol. The minimum Gasteiger partial charge on any atom is -0.808 e. The molecule has 1 aliphatic carbocycles. The second-order valence-electron chi connectivity index (χ2n) is 7.02. The Bertz CT molecular complexity index is 503. The van der Waals surface area contributed by atoms with E-state index in [4.69, 9.17) is 0 Å². The summed E-state index contributed by atoms with van der Waals surface area (Å²) in [5.41, 5.74) is 0. The monoisotopic (exact) mass is 394 g/mol. The van der Waals surface area contributed by atoms with Crippen LogP contribution in [0.5, 0.6) is 0 Å². The molecule has 0 radical (unpaired) electrons. The summed E-state index contributed by atoms with van der Waals surface area (Å²) in [6.07, 6.45) is 3.14. The number of hydrogen-bond donors (Lipinski definition) is 3. The number of rotatable bonds is 8. The molecule has 0 saturated carbocycles. The van der Waals surface area contributed by atoms with Crippen molar-refractivity contribution in [1.29, 1.82) is 0 Å². The van der Waals surface area contributed by atoms with Gasteiger partial charge < -0.3 is 36.9 Å². The summed E-state index contributed by atoms with van der Waals surface area (Å²) in [5.74, 6) is 0.438. The molecule has 3 atom stereocenters. The smallest absolute Gasteiger partial charge is 0.217 e. The first kappa shape index (κ1) is 27.5. The predicted octanol–water partition coefficient (Wildman–Crippen LogP) is 2.21. The van der Waals surface area contributed by atoms with Crippen LogP contribution in [0.3, 0.4) is 0 Å². The van der Waals surface area contributed by atoms with Crippen LogP contribution in [0.4, 0.5) is 0 Å². The lowest BCUT2D eigenvalue weighted by molar-refractivity contribution is -0.310. The average Bonchev–Trinajstić information content (AvgIpc) is 2.46. The summed E-state index contributed by atoms with van der Waals surface area (Å²) in [6, 6.07) is -0.0737. The van der Waals surface area contributed by atoms with Crippen molar-refractivity contribution in [3.05, 3.63) is 11.4 Å². The highest BCUT2D eigenvalue weighted by Gasteiger charge is 2.36. The van der Waals surface area contributed by atoms with Gasteiger partial charge in [0, 0.05) is 19.0 Å². The van der Waals surface area contributed by atoms with E-state index in [0.29, 0.717) is 12.3 Å². The van der Waals surface area contributed by atoms with Crippen molar-refractivity contribution in [2.24, 2.45) is 11.8 Å². The number of amides is 1. The number of carbonyl (C=O) groups excluding carboxylic acids is 1. The summed E-state index contributed by atoms with van der Waals surface area (Å²) in [6.45, 7) is 11.3. The van der Waals surface area contributed by atoms with E-state index in [9.17, 15) is 19.1 Å². The standard InChI is InChI=1S/C17H33N2O4P.2H3N/c1-6-19(7-2)17-11-14(24(21,22)23)8-9-15(17)16(10-12(3)4)18-13(5)20;;/h8,12,15-17H,6-7,9-11H2,1-5H3,(H,18,20)(H2,21,22,23);2*1H3/t15-,16+,17-;;/m1../s1. The molecule has 0 spiro atoms. The summed E-state index contributed by atoms with van der Waals surface area (Å²) in [4.78, 5) is 36.8. The number of allylic oxidation sites excluding steroid dienone is 1. The Morgan fingerprint density at radius 3 is 2.23 bits per heavy atom. The van der Waals surface area contributed by atoms with E-state index in [0.717, 1.165) is 19.5 Å². The maximum absolute atomic E-state index is 11.6. The number of quaternary nitrogens is 2. The van der Waals surface area contributed by atoms with Gasteiger partial charge in [0.2, 0.25) is 5.91 Å². The van der Waals surface area contributed by atoms with Crippen molar-refractivity contribution in [2.45, 2.75) is 66.0 Å². The molecule has 0 aliphatic heterocycles. The highest BCUT2D eigenvalue weighted by Crippen LogP contribution is 2.45. The largest absolute Gasteiger partial charge is 0.808 e. The van der Waals surface area contributed by atoms with Gasteiger partial charge in [-0.15, -0.1) is 0 Å². The molecular formula is C17H39N4O4P. The first-order chi connectivity index (χ1) is 11.1. The van der Waals surface area contributed by atoms with Crippen molar-refractivity contribution < 1.29 is 19.1 Å². The maximum Gasteiger partial charge on any atom is 0.217 e. The van der Waals surface area contributed by atoms with Gasteiger partial charge in [0.15, 0.2) is 0 Å². The van der Waals surface area contributed by atoms with Gasteiger partial charge in [0.05, 0.1) is 0 Å². The van der Waals surface area contributed by atoms with Crippen LogP contribution >= 0.6 is 7.60 Å². The van der Waals surface area contributed by atoms with Crippen molar-refractivity contribution in [1.82, 2.24) is 22.5 Å². The molecule has 0 aromatic carbocycles. The average molecular weight is 394 g/mol. The van der Waals surface area contributed by atoms with Crippen molar-refractivity contribution in [3.8, 4) is 0 Å². The molecule has 156 valence electrons. The molecule has 0 aromatic heterocycles.